The van der Waals surface area contributed by atoms with E-state index in [1.54, 1.807) is 80.1 Å². The van der Waals surface area contributed by atoms with Crippen LogP contribution in [0.5, 0.6) is 0 Å². The first-order chi connectivity index (χ1) is 22.3. The fourth-order valence-corrected chi connectivity index (χ4v) is 6.13. The average molecular weight is 650 g/mol. The van der Waals surface area contributed by atoms with Gasteiger partial charge in [-0.2, -0.15) is 9.97 Å². The molecule has 8 aromatic rings. The molecule has 0 saturated carbocycles. The van der Waals surface area contributed by atoms with E-state index in [2.05, 4.69) is 25.6 Å². The summed E-state index contributed by atoms with van der Waals surface area (Å²) in [6.45, 7) is 1.87. The third-order valence-electron chi connectivity index (χ3n) is 7.76. The SMILES string of the molecule is CNc1nc(=O)n(-c2ccc(Nc3nc(=O)n(-c4cccnc4)c4c3oc3ccc(Cl)cc34)cc2C)c2c1oc1ccc(Cl)cc12. The van der Waals surface area contributed by atoms with Gasteiger partial charge in [0, 0.05) is 39.7 Å². The summed E-state index contributed by atoms with van der Waals surface area (Å²) in [7, 11) is 1.67. The van der Waals surface area contributed by atoms with Crippen LogP contribution in [0.2, 0.25) is 10.0 Å². The maximum Gasteiger partial charge on any atom is 0.354 e. The van der Waals surface area contributed by atoms with Crippen LogP contribution < -0.4 is 22.0 Å². The van der Waals surface area contributed by atoms with Gasteiger partial charge in [0.1, 0.15) is 22.2 Å². The molecule has 46 heavy (non-hydrogen) atoms. The number of furan rings is 2. The lowest BCUT2D eigenvalue weighted by Crippen LogP contribution is -2.23. The summed E-state index contributed by atoms with van der Waals surface area (Å²) < 4.78 is 15.3. The topological polar surface area (TPSA) is 133 Å². The highest BCUT2D eigenvalue weighted by Gasteiger charge is 2.22. The largest absolute Gasteiger partial charge is 0.450 e. The van der Waals surface area contributed by atoms with Gasteiger partial charge in [-0.05, 0) is 79.2 Å². The Morgan fingerprint density at radius 3 is 2.02 bits per heavy atom. The number of nitrogens with zero attached hydrogens (tertiary/aromatic N) is 5. The third kappa shape index (κ3) is 4.31. The fourth-order valence-electron chi connectivity index (χ4n) is 5.79. The van der Waals surface area contributed by atoms with E-state index in [1.807, 2.05) is 13.0 Å². The second-order valence-electron chi connectivity index (χ2n) is 10.6. The second kappa shape index (κ2) is 10.5. The van der Waals surface area contributed by atoms with Gasteiger partial charge in [-0.1, -0.05) is 23.2 Å². The lowest BCUT2D eigenvalue weighted by molar-refractivity contribution is 0.664. The molecule has 11 nitrogen and oxygen atoms in total. The average Bonchev–Trinajstić information content (AvgIpc) is 3.60. The van der Waals surface area contributed by atoms with Crippen LogP contribution in [0.1, 0.15) is 5.56 Å². The summed E-state index contributed by atoms with van der Waals surface area (Å²) in [5.41, 5.74) is 4.34. The molecule has 226 valence electrons. The number of aryl methyl sites for hydroxylation is 1. The molecule has 0 radical (unpaired) electrons. The van der Waals surface area contributed by atoms with Crippen molar-refractivity contribution in [2.24, 2.45) is 0 Å². The number of pyridine rings is 1. The maximum absolute atomic E-state index is 13.5. The zero-order valence-electron chi connectivity index (χ0n) is 24.1. The molecule has 13 heteroatoms. The van der Waals surface area contributed by atoms with Crippen molar-refractivity contribution in [3.05, 3.63) is 116 Å². The zero-order chi connectivity index (χ0) is 31.7. The van der Waals surface area contributed by atoms with Gasteiger partial charge in [-0.15, -0.1) is 0 Å². The van der Waals surface area contributed by atoms with Crippen LogP contribution in [-0.4, -0.2) is 31.1 Å². The Labute approximate surface area is 268 Å². The van der Waals surface area contributed by atoms with Gasteiger partial charge in [-0.3, -0.25) is 14.1 Å². The van der Waals surface area contributed by atoms with Crippen molar-refractivity contribution < 1.29 is 8.83 Å². The highest BCUT2D eigenvalue weighted by molar-refractivity contribution is 6.32. The first-order valence-electron chi connectivity index (χ1n) is 14.1. The highest BCUT2D eigenvalue weighted by Crippen LogP contribution is 2.37. The van der Waals surface area contributed by atoms with Crippen LogP contribution in [0.25, 0.3) is 55.5 Å². The number of anilines is 3. The number of fused-ring (bicyclic) bond motifs is 6. The standard InChI is InChI=1S/C33H21Cl2N7O4/c1-16-12-19(7-8-23(16)42-27-22-14-18(35)6-10-25(22)45-28(27)30(36-2)39-33(42)44)38-31-29-26(21-13-17(34)5-9-24(21)46-29)41(32(43)40-31)20-4-3-11-37-15-20/h3-15H,1-2H3,(H,36,39,44)(H,38,40,43). The summed E-state index contributed by atoms with van der Waals surface area (Å²) in [6.07, 6.45) is 3.20. The molecular weight excluding hydrogens is 629 g/mol. The Hall–Kier alpha value is -5.65. The molecule has 0 aliphatic heterocycles. The quantitative estimate of drug-likeness (QED) is 0.196. The highest BCUT2D eigenvalue weighted by atomic mass is 35.5. The number of halogens is 2. The first-order valence-corrected chi connectivity index (χ1v) is 14.8. The Morgan fingerprint density at radius 1 is 0.761 bits per heavy atom. The molecule has 0 amide bonds. The summed E-state index contributed by atoms with van der Waals surface area (Å²) in [6, 6.07) is 19.4. The van der Waals surface area contributed by atoms with Gasteiger partial charge in [0.15, 0.2) is 22.8 Å². The van der Waals surface area contributed by atoms with E-state index in [4.69, 9.17) is 32.0 Å². The predicted octanol–water partition coefficient (Wildman–Crippen LogP) is 7.37. The van der Waals surface area contributed by atoms with Crippen LogP contribution >= 0.6 is 23.2 Å². The smallest absolute Gasteiger partial charge is 0.354 e. The minimum atomic E-state index is -0.533. The Morgan fingerprint density at radius 2 is 1.39 bits per heavy atom. The normalized spacial score (nSPS) is 11.7. The monoisotopic (exact) mass is 649 g/mol. The van der Waals surface area contributed by atoms with E-state index >= 15 is 0 Å². The zero-order valence-corrected chi connectivity index (χ0v) is 25.6. The minimum Gasteiger partial charge on any atom is -0.450 e. The van der Waals surface area contributed by atoms with Gasteiger partial charge in [0.05, 0.1) is 17.6 Å². The lowest BCUT2D eigenvalue weighted by atomic mass is 10.1. The molecule has 0 unspecified atom stereocenters. The molecule has 0 spiro atoms. The van der Waals surface area contributed by atoms with E-state index in [0.717, 1.165) is 5.56 Å². The minimum absolute atomic E-state index is 0.217. The maximum atomic E-state index is 13.5. The molecule has 0 atom stereocenters. The molecule has 5 heterocycles. The summed E-state index contributed by atoms with van der Waals surface area (Å²) in [5, 5.41) is 8.51. The van der Waals surface area contributed by atoms with Gasteiger partial charge in [0.25, 0.3) is 0 Å². The van der Waals surface area contributed by atoms with Crippen LogP contribution in [0.3, 0.4) is 0 Å². The Kier molecular flexibility index (Phi) is 6.34. The molecule has 0 aliphatic rings. The van der Waals surface area contributed by atoms with Gasteiger partial charge in [0.2, 0.25) is 0 Å². The van der Waals surface area contributed by atoms with E-state index < -0.39 is 11.4 Å². The Balaban J connectivity index is 1.29. The van der Waals surface area contributed by atoms with Crippen LogP contribution in [0, 0.1) is 6.92 Å². The third-order valence-corrected chi connectivity index (χ3v) is 8.23. The van der Waals surface area contributed by atoms with Gasteiger partial charge < -0.3 is 19.5 Å². The first kappa shape index (κ1) is 27.9. The van der Waals surface area contributed by atoms with E-state index in [0.29, 0.717) is 77.1 Å². The molecule has 0 aliphatic carbocycles. The van der Waals surface area contributed by atoms with Crippen molar-refractivity contribution in [1.82, 2.24) is 24.1 Å². The molecule has 0 saturated heterocycles. The van der Waals surface area contributed by atoms with Crippen LogP contribution in [-0.2, 0) is 0 Å². The van der Waals surface area contributed by atoms with Crippen molar-refractivity contribution in [2.75, 3.05) is 17.7 Å². The molecular formula is C33H21Cl2N7O4. The van der Waals surface area contributed by atoms with Gasteiger partial charge in [-0.25, -0.2) is 9.59 Å². The van der Waals surface area contributed by atoms with Crippen molar-refractivity contribution in [3.63, 3.8) is 0 Å². The van der Waals surface area contributed by atoms with E-state index in [1.165, 1.54) is 9.13 Å². The van der Waals surface area contributed by atoms with E-state index in [9.17, 15) is 9.59 Å². The Bertz CT molecular complexity index is 2640. The van der Waals surface area contributed by atoms with Gasteiger partial charge >= 0.3 is 11.4 Å². The molecule has 0 bridgehead atoms. The molecule has 8 rings (SSSR count). The van der Waals surface area contributed by atoms with Crippen molar-refractivity contribution in [3.8, 4) is 11.4 Å². The molecule has 5 aromatic heterocycles. The van der Waals surface area contributed by atoms with Crippen molar-refractivity contribution in [2.45, 2.75) is 6.92 Å². The number of benzene rings is 3. The number of hydrogen-bond donors (Lipinski definition) is 2. The number of rotatable bonds is 5. The van der Waals surface area contributed by atoms with Crippen LogP contribution in [0.15, 0.2) is 97.5 Å². The van der Waals surface area contributed by atoms with E-state index in [-0.39, 0.29) is 5.82 Å². The molecule has 2 N–H and O–H groups in total. The number of aromatic nitrogens is 5. The molecule has 0 fully saturated rings. The lowest BCUT2D eigenvalue weighted by Gasteiger charge is -2.14. The summed E-state index contributed by atoms with van der Waals surface area (Å²) in [4.78, 5) is 39.8. The summed E-state index contributed by atoms with van der Waals surface area (Å²) in [5.74, 6) is 0.539. The second-order valence-corrected chi connectivity index (χ2v) is 11.5. The molecule has 3 aromatic carbocycles. The summed E-state index contributed by atoms with van der Waals surface area (Å²) >= 11 is 12.7. The van der Waals surface area contributed by atoms with Crippen molar-refractivity contribution >= 4 is 84.7 Å². The fraction of sp³-hybridized carbons (Fsp3) is 0.0606. The predicted molar refractivity (Wildman–Crippen MR) is 180 cm³/mol. The number of hydrogen-bond acceptors (Lipinski definition) is 9. The van der Waals surface area contributed by atoms with Crippen LogP contribution in [0.4, 0.5) is 17.3 Å². The van der Waals surface area contributed by atoms with Crippen molar-refractivity contribution in [1.29, 1.82) is 0 Å². The number of nitrogens with one attached hydrogen (secondary N) is 2.